The molecule has 3 fully saturated rings. The fourth-order valence-electron chi connectivity index (χ4n) is 12.8. The van der Waals surface area contributed by atoms with Gasteiger partial charge >= 0.3 is 0 Å². The Morgan fingerprint density at radius 1 is 0.314 bits per heavy atom. The Balaban J connectivity index is 1.57. The Bertz CT molecular complexity index is 2620. The number of amides is 11. The Morgan fingerprint density at radius 3 is 0.856 bits per heavy atom. The van der Waals surface area contributed by atoms with Gasteiger partial charge in [0, 0.05) is 131 Å². The number of carbonyl (C=O) groups excluding carboxylic acids is 11. The molecule has 682 valence electrons. The number of hydrogen-bond donors (Lipinski definition) is 21. The quantitative estimate of drug-likeness (QED) is 0.0200. The monoisotopic (exact) mass is 1700 g/mol. The van der Waals surface area contributed by atoms with Crippen molar-refractivity contribution >= 4 is 65.0 Å². The highest BCUT2D eigenvalue weighted by Crippen LogP contribution is 2.26. The first-order valence-electron chi connectivity index (χ1n) is 41.4. The van der Waals surface area contributed by atoms with Gasteiger partial charge in [-0.05, 0) is 70.6 Å². The van der Waals surface area contributed by atoms with E-state index in [-0.39, 0.29) is 198 Å². The van der Waals surface area contributed by atoms with Crippen LogP contribution in [0.15, 0.2) is 0 Å². The average Bonchev–Trinajstić information content (AvgIpc) is 0.825. The second kappa shape index (κ2) is 63.3. The summed E-state index contributed by atoms with van der Waals surface area (Å²) in [5, 5.41) is 121. The third-order valence-electron chi connectivity index (χ3n) is 19.3. The zero-order valence-electron chi connectivity index (χ0n) is 68.9. The highest BCUT2D eigenvalue weighted by molar-refractivity contribution is 5.79. The van der Waals surface area contributed by atoms with Crippen molar-refractivity contribution < 1.29 is 146 Å². The van der Waals surface area contributed by atoms with E-state index in [4.69, 9.17) is 48.5 Å². The summed E-state index contributed by atoms with van der Waals surface area (Å²) in [5.74, 6) is 0.993. The lowest BCUT2D eigenvalue weighted by Crippen LogP contribution is -2.64. The maximum atomic E-state index is 14.0. The molecule has 0 spiro atoms. The van der Waals surface area contributed by atoms with Crippen LogP contribution in [0.5, 0.6) is 0 Å². The van der Waals surface area contributed by atoms with Crippen LogP contribution in [0.2, 0.25) is 0 Å². The average molecular weight is 1700 g/mol. The van der Waals surface area contributed by atoms with Crippen molar-refractivity contribution in [3.63, 3.8) is 0 Å². The Hall–Kier alpha value is -6.63. The molecular weight excluding hydrogens is 1560 g/mol. The van der Waals surface area contributed by atoms with Crippen molar-refractivity contribution in [2.45, 2.75) is 285 Å². The topological polar surface area (TPSA) is 620 Å². The molecule has 42 nitrogen and oxygen atoms in total. The fourth-order valence-corrected chi connectivity index (χ4v) is 12.8. The normalized spacial score (nSPS) is 23.5. The van der Waals surface area contributed by atoms with Crippen LogP contribution in [0, 0.1) is 0 Å². The van der Waals surface area contributed by atoms with Crippen molar-refractivity contribution in [1.29, 1.82) is 0 Å². The Labute approximate surface area is 689 Å². The third kappa shape index (κ3) is 45.9. The maximum absolute atomic E-state index is 14.0. The van der Waals surface area contributed by atoms with Crippen LogP contribution in [0.1, 0.15) is 188 Å². The smallest absolute Gasteiger partial charge is 0.248 e. The molecular formula is C76H138N12O30. The van der Waals surface area contributed by atoms with Gasteiger partial charge in [-0.1, -0.05) is 51.4 Å². The summed E-state index contributed by atoms with van der Waals surface area (Å²) < 4.78 is 52.2. The second-order valence-electron chi connectivity index (χ2n) is 29.6. The van der Waals surface area contributed by atoms with Gasteiger partial charge in [-0.25, -0.2) is 5.90 Å². The van der Waals surface area contributed by atoms with Crippen molar-refractivity contribution in [2.24, 2.45) is 5.90 Å². The van der Waals surface area contributed by atoms with E-state index in [1.807, 2.05) is 0 Å². The van der Waals surface area contributed by atoms with E-state index in [0.29, 0.717) is 70.8 Å². The molecule has 0 radical (unpaired) electrons. The molecule has 42 heteroatoms. The first-order chi connectivity index (χ1) is 56.7. The molecule has 3 aliphatic rings. The number of ether oxygens (including phenoxy) is 9. The van der Waals surface area contributed by atoms with Crippen LogP contribution in [0.3, 0.4) is 0 Å². The molecule has 15 atom stereocenters. The molecule has 11 amide bonds. The van der Waals surface area contributed by atoms with Crippen molar-refractivity contribution in [3.8, 4) is 0 Å². The summed E-state index contributed by atoms with van der Waals surface area (Å²) >= 11 is 0. The highest BCUT2D eigenvalue weighted by Gasteiger charge is 2.48. The van der Waals surface area contributed by atoms with Gasteiger partial charge in [0.1, 0.15) is 85.2 Å². The maximum Gasteiger partial charge on any atom is 0.248 e. The molecule has 0 aliphatic carbocycles. The number of aliphatic hydroxyl groups excluding tert-OH is 9. The second-order valence-corrected chi connectivity index (χ2v) is 29.6. The molecule has 6 unspecified atom stereocenters. The van der Waals surface area contributed by atoms with E-state index in [1.54, 1.807) is 0 Å². The van der Waals surface area contributed by atoms with Gasteiger partial charge in [-0.3, -0.25) is 57.6 Å². The number of carbonyl (C=O) groups is 11. The number of hydrogen-bond acceptors (Lipinski definition) is 31. The fraction of sp³-hybridized carbons (Fsp3) is 0.855. The van der Waals surface area contributed by atoms with Crippen LogP contribution < -0.4 is 64.4 Å². The van der Waals surface area contributed by atoms with Crippen LogP contribution in [-0.4, -0.2) is 340 Å². The summed E-state index contributed by atoms with van der Waals surface area (Å²) in [5.41, 5.74) is -1.41. The minimum absolute atomic E-state index is 0.0768. The number of aliphatic hydroxyl groups is 9. The Morgan fingerprint density at radius 2 is 0.568 bits per heavy atom. The minimum atomic E-state index is -1.46. The number of unbranched alkanes of at least 4 members (excludes halogenated alkanes) is 12. The highest BCUT2D eigenvalue weighted by atomic mass is 16.7. The number of rotatable bonds is 67. The lowest BCUT2D eigenvalue weighted by Gasteiger charge is -2.42. The van der Waals surface area contributed by atoms with Crippen LogP contribution in [0.25, 0.3) is 0 Å². The van der Waals surface area contributed by atoms with Crippen molar-refractivity contribution in [1.82, 2.24) is 58.5 Å². The zero-order valence-corrected chi connectivity index (χ0v) is 68.9. The van der Waals surface area contributed by atoms with E-state index < -0.39 is 135 Å². The largest absolute Gasteiger partial charge is 0.394 e. The molecule has 3 rings (SSSR count). The predicted octanol–water partition coefficient (Wildman–Crippen LogP) is -5.38. The lowest BCUT2D eigenvalue weighted by molar-refractivity contribution is -0.270. The van der Waals surface area contributed by atoms with Crippen molar-refractivity contribution in [3.05, 3.63) is 0 Å². The Kier molecular flexibility index (Phi) is 56.7. The SMILES string of the molecule is CC(=O)N[C@H]1C(O)[C@@H](O)C(CO)O[C@H]1OCCCCC(=O)NCCCNC(=O)CCOCC(COCCC(=O)NCCCNC(=O)CCCCO[C@@H]1OC(CO)[C@H](O)C(O)[C@@H]1NC(C)=O)(COCCC(=O)NCCCNC(=O)CCCCO[C@@H]1OC(CO)[C@H](O)C(O)[C@@H]1NC(C)=O)NC(=O)CCCCCCCCCCCCNC(=O)CON. The molecule has 118 heavy (non-hydrogen) atoms. The van der Waals surface area contributed by atoms with Gasteiger partial charge in [0.25, 0.3) is 0 Å². The van der Waals surface area contributed by atoms with E-state index in [9.17, 15) is 98.7 Å². The molecule has 22 N–H and O–H groups in total. The minimum Gasteiger partial charge on any atom is -0.394 e. The van der Waals surface area contributed by atoms with Gasteiger partial charge in [0.15, 0.2) is 18.9 Å². The first kappa shape index (κ1) is 106. The summed E-state index contributed by atoms with van der Waals surface area (Å²) in [6, 6.07) is -3.29. The zero-order chi connectivity index (χ0) is 86.9. The van der Waals surface area contributed by atoms with Gasteiger partial charge in [-0.15, -0.1) is 0 Å². The summed E-state index contributed by atoms with van der Waals surface area (Å²) in [6.45, 7) is 2.78. The van der Waals surface area contributed by atoms with Gasteiger partial charge in [-0.2, -0.15) is 0 Å². The molecule has 3 heterocycles. The van der Waals surface area contributed by atoms with Gasteiger partial charge < -0.3 is 147 Å². The summed E-state index contributed by atoms with van der Waals surface area (Å²) in [7, 11) is 0. The van der Waals surface area contributed by atoms with Crippen LogP contribution >= 0.6 is 0 Å². The molecule has 0 aromatic rings. The third-order valence-corrected chi connectivity index (χ3v) is 19.3. The van der Waals surface area contributed by atoms with E-state index in [0.717, 1.165) is 57.8 Å². The van der Waals surface area contributed by atoms with Gasteiger partial charge in [0.05, 0.1) is 59.5 Å². The van der Waals surface area contributed by atoms with Crippen LogP contribution in [0.4, 0.5) is 0 Å². The summed E-state index contributed by atoms with van der Waals surface area (Å²) in [6.07, 6.45) is -2.71. The predicted molar refractivity (Wildman–Crippen MR) is 419 cm³/mol. The first-order valence-corrected chi connectivity index (χ1v) is 41.4. The number of nitrogens with two attached hydrogens (primary N) is 1. The van der Waals surface area contributed by atoms with E-state index in [1.165, 1.54) is 20.8 Å². The molecule has 0 aromatic heterocycles. The van der Waals surface area contributed by atoms with Gasteiger partial charge in [0.2, 0.25) is 65.0 Å². The van der Waals surface area contributed by atoms with Crippen molar-refractivity contribution in [2.75, 3.05) is 132 Å². The standard InChI is InChI=1S/C76H138N12O30/c1-50(92)85-64-70(106)67(103)53(43-89)116-73(64)112-37-17-13-23-56(95)78-31-20-34-81-59(98)27-40-109-47-76(88-62(101)26-12-10-8-6-4-5-7-9-11-16-30-84-63(102)46-115-77,48-110-41-28-60(99)82-35-21-32-79-57(96)24-14-18-38-113-74-65(86-51(2)93)71(107)68(104)54(44-90)117-74)49-111-42-29-61(100)83-36-22-33-80-58(97)25-15-19-39-114-75-66(87-52(3)94)72(108)69(105)55(45-91)118-75/h53-55,64-75,89-91,103-108H,4-49,77H2,1-3H3,(H,78,95)(H,79,96)(H,80,97)(H,81,98)(H,82,99)(H,83,100)(H,84,102)(H,85,92)(H,86,93)(H,87,94)(H,88,101)/t53?,54?,55?,64-,65-,66-,67-,68-,69-,70?,71?,72?,73+,74+,75+,76?/m0/s1. The van der Waals surface area contributed by atoms with Crippen LogP contribution in [-0.2, 0) is 100 Å². The van der Waals surface area contributed by atoms with E-state index in [2.05, 4.69) is 63.3 Å². The molecule has 0 bridgehead atoms. The molecule has 0 aromatic carbocycles. The molecule has 0 saturated carbocycles. The van der Waals surface area contributed by atoms with E-state index >= 15 is 0 Å². The lowest BCUT2D eigenvalue weighted by atomic mass is 9.97. The molecule has 3 aliphatic heterocycles. The number of nitrogens with one attached hydrogen (secondary N) is 11. The molecule has 3 saturated heterocycles. The summed E-state index contributed by atoms with van der Waals surface area (Å²) in [4.78, 5) is 142.